The van der Waals surface area contributed by atoms with E-state index in [4.69, 9.17) is 11.6 Å². The van der Waals surface area contributed by atoms with E-state index in [1.807, 2.05) is 37.1 Å². The van der Waals surface area contributed by atoms with Crippen molar-refractivity contribution in [3.8, 4) is 0 Å². The van der Waals surface area contributed by atoms with Crippen LogP contribution in [0.15, 0.2) is 18.2 Å². The Bertz CT molecular complexity index is 437. The van der Waals surface area contributed by atoms with Crippen molar-refractivity contribution < 1.29 is 4.79 Å². The molecule has 0 aliphatic heterocycles. The molecule has 0 radical (unpaired) electrons. The van der Waals surface area contributed by atoms with Gasteiger partial charge in [-0.25, -0.2) is 0 Å². The highest BCUT2D eigenvalue weighted by Crippen LogP contribution is 2.24. The lowest BCUT2D eigenvalue weighted by Crippen LogP contribution is -2.36. The molecule has 1 aromatic carbocycles. The molecule has 5 heteroatoms. The van der Waals surface area contributed by atoms with Crippen LogP contribution in [-0.2, 0) is 11.3 Å². The second-order valence-electron chi connectivity index (χ2n) is 4.76. The minimum absolute atomic E-state index is 0.0312. The van der Waals surface area contributed by atoms with Crippen molar-refractivity contribution in [3.63, 3.8) is 0 Å². The zero-order valence-corrected chi connectivity index (χ0v) is 13.3. The van der Waals surface area contributed by atoms with E-state index in [-0.39, 0.29) is 5.91 Å². The number of hydrogen-bond acceptors (Lipinski definition) is 3. The summed E-state index contributed by atoms with van der Waals surface area (Å²) in [7, 11) is 1.91. The Kier molecular flexibility index (Phi) is 7.41. The molecule has 0 heterocycles. The summed E-state index contributed by atoms with van der Waals surface area (Å²) in [5, 5.41) is 6.86. The van der Waals surface area contributed by atoms with E-state index in [2.05, 4.69) is 17.6 Å². The van der Waals surface area contributed by atoms with Gasteiger partial charge in [-0.1, -0.05) is 31.5 Å². The van der Waals surface area contributed by atoms with Gasteiger partial charge < -0.3 is 15.5 Å². The van der Waals surface area contributed by atoms with Crippen LogP contribution in [-0.4, -0.2) is 32.6 Å². The zero-order valence-electron chi connectivity index (χ0n) is 12.5. The van der Waals surface area contributed by atoms with E-state index in [0.717, 1.165) is 30.8 Å². The molecule has 0 saturated heterocycles. The number of rotatable bonds is 8. The zero-order chi connectivity index (χ0) is 15.0. The van der Waals surface area contributed by atoms with Crippen LogP contribution in [0.5, 0.6) is 0 Å². The molecule has 1 amide bonds. The molecule has 0 aromatic heterocycles. The Morgan fingerprint density at radius 1 is 1.35 bits per heavy atom. The molecular weight excluding hydrogens is 274 g/mol. The largest absolute Gasteiger partial charge is 0.365 e. The molecule has 112 valence electrons. The van der Waals surface area contributed by atoms with Crippen LogP contribution in [0.2, 0.25) is 5.02 Å². The molecule has 0 fully saturated rings. The molecular formula is C15H24ClN3O. The fourth-order valence-electron chi connectivity index (χ4n) is 1.92. The van der Waals surface area contributed by atoms with Crippen molar-refractivity contribution in [1.82, 2.24) is 10.6 Å². The molecule has 20 heavy (non-hydrogen) atoms. The highest BCUT2D eigenvalue weighted by molar-refractivity contribution is 6.30. The summed E-state index contributed by atoms with van der Waals surface area (Å²) in [5.74, 6) is 0.0312. The monoisotopic (exact) mass is 297 g/mol. The third-order valence-corrected chi connectivity index (χ3v) is 3.21. The number of likely N-dealkylation sites (N-methyl/N-ethyl adjacent to an activating group) is 1. The number of nitrogens with one attached hydrogen (secondary N) is 2. The van der Waals surface area contributed by atoms with Crippen molar-refractivity contribution in [3.05, 3.63) is 28.8 Å². The van der Waals surface area contributed by atoms with Crippen LogP contribution in [0.3, 0.4) is 0 Å². The quantitative estimate of drug-likeness (QED) is 0.774. The van der Waals surface area contributed by atoms with Crippen LogP contribution in [0.1, 0.15) is 25.8 Å². The van der Waals surface area contributed by atoms with Crippen molar-refractivity contribution in [2.24, 2.45) is 0 Å². The van der Waals surface area contributed by atoms with Crippen LogP contribution in [0.25, 0.3) is 0 Å². The lowest BCUT2D eigenvalue weighted by molar-refractivity contribution is -0.119. The number of anilines is 1. The van der Waals surface area contributed by atoms with Crippen LogP contribution >= 0.6 is 11.6 Å². The average molecular weight is 298 g/mol. The van der Waals surface area contributed by atoms with Crippen molar-refractivity contribution in [1.29, 1.82) is 0 Å². The number of nitrogens with zero attached hydrogens (tertiary/aromatic N) is 1. The van der Waals surface area contributed by atoms with E-state index < -0.39 is 0 Å². The number of amides is 1. The van der Waals surface area contributed by atoms with Gasteiger partial charge in [0.1, 0.15) is 0 Å². The Morgan fingerprint density at radius 3 is 2.75 bits per heavy atom. The molecule has 0 saturated carbocycles. The maximum absolute atomic E-state index is 11.8. The molecule has 2 N–H and O–H groups in total. The van der Waals surface area contributed by atoms with Crippen molar-refractivity contribution >= 4 is 23.2 Å². The number of carbonyl (C=O) groups excluding carboxylic acids is 1. The van der Waals surface area contributed by atoms with Crippen LogP contribution < -0.4 is 15.5 Å². The molecule has 0 aliphatic carbocycles. The van der Waals surface area contributed by atoms with Gasteiger partial charge in [0.2, 0.25) is 5.91 Å². The lowest BCUT2D eigenvalue weighted by atomic mass is 10.1. The second-order valence-corrected chi connectivity index (χ2v) is 5.20. The average Bonchev–Trinajstić information content (AvgIpc) is 2.43. The third kappa shape index (κ3) is 5.39. The number of halogens is 1. The van der Waals surface area contributed by atoms with Gasteiger partial charge in [-0.2, -0.15) is 0 Å². The van der Waals surface area contributed by atoms with Gasteiger partial charge in [-0.15, -0.1) is 0 Å². The summed E-state index contributed by atoms with van der Waals surface area (Å²) in [6, 6.07) is 5.78. The third-order valence-electron chi connectivity index (χ3n) is 2.98. The van der Waals surface area contributed by atoms with E-state index in [9.17, 15) is 4.79 Å². The van der Waals surface area contributed by atoms with Crippen LogP contribution in [0, 0.1) is 0 Å². The highest BCUT2D eigenvalue weighted by atomic mass is 35.5. The maximum atomic E-state index is 11.8. The second kappa shape index (κ2) is 8.82. The standard InChI is InChI=1S/C15H24ClN3O/c1-4-8-18-15(20)11-19(3)14-9-13(16)7-6-12(14)10-17-5-2/h6-7,9,17H,4-5,8,10-11H2,1-3H3,(H,18,20). The predicted octanol–water partition coefficient (Wildman–Crippen LogP) is 2.41. The molecule has 0 spiro atoms. The van der Waals surface area contributed by atoms with Gasteiger partial charge in [-0.05, 0) is 30.7 Å². The molecule has 0 aliphatic rings. The molecule has 0 atom stereocenters. The Hall–Kier alpha value is -1.26. The molecule has 0 bridgehead atoms. The molecule has 1 aromatic rings. The van der Waals surface area contributed by atoms with Gasteiger partial charge >= 0.3 is 0 Å². The summed E-state index contributed by atoms with van der Waals surface area (Å²) in [4.78, 5) is 13.7. The van der Waals surface area contributed by atoms with E-state index in [1.54, 1.807) is 0 Å². The minimum Gasteiger partial charge on any atom is -0.365 e. The maximum Gasteiger partial charge on any atom is 0.239 e. The first-order valence-electron chi connectivity index (χ1n) is 7.05. The fourth-order valence-corrected chi connectivity index (χ4v) is 2.09. The first-order valence-corrected chi connectivity index (χ1v) is 7.43. The smallest absolute Gasteiger partial charge is 0.239 e. The number of carbonyl (C=O) groups is 1. The van der Waals surface area contributed by atoms with Gasteiger partial charge in [0.15, 0.2) is 0 Å². The summed E-state index contributed by atoms with van der Waals surface area (Å²) in [5.41, 5.74) is 2.13. The topological polar surface area (TPSA) is 44.4 Å². The summed E-state index contributed by atoms with van der Waals surface area (Å²) in [6.07, 6.45) is 0.943. The SMILES string of the molecule is CCCNC(=O)CN(C)c1cc(Cl)ccc1CNCC. The van der Waals surface area contributed by atoms with Crippen LogP contribution in [0.4, 0.5) is 5.69 Å². The van der Waals surface area contributed by atoms with Gasteiger partial charge in [-0.3, -0.25) is 4.79 Å². The van der Waals surface area contributed by atoms with E-state index >= 15 is 0 Å². The first kappa shape index (κ1) is 16.8. The summed E-state index contributed by atoms with van der Waals surface area (Å²) < 4.78 is 0. The molecule has 1 rings (SSSR count). The number of benzene rings is 1. The van der Waals surface area contributed by atoms with E-state index in [0.29, 0.717) is 18.1 Å². The lowest BCUT2D eigenvalue weighted by Gasteiger charge is -2.22. The molecule has 4 nitrogen and oxygen atoms in total. The first-order chi connectivity index (χ1) is 9.58. The normalized spacial score (nSPS) is 10.4. The van der Waals surface area contributed by atoms with Gasteiger partial charge in [0.25, 0.3) is 0 Å². The molecule has 0 unspecified atom stereocenters. The van der Waals surface area contributed by atoms with Crippen molar-refractivity contribution in [2.75, 3.05) is 31.6 Å². The fraction of sp³-hybridized carbons (Fsp3) is 0.533. The van der Waals surface area contributed by atoms with Crippen molar-refractivity contribution in [2.45, 2.75) is 26.8 Å². The Morgan fingerprint density at radius 2 is 2.10 bits per heavy atom. The predicted molar refractivity (Wildman–Crippen MR) is 85.4 cm³/mol. The van der Waals surface area contributed by atoms with E-state index in [1.165, 1.54) is 0 Å². The minimum atomic E-state index is 0.0312. The summed E-state index contributed by atoms with van der Waals surface area (Å²) >= 11 is 6.07. The highest BCUT2D eigenvalue weighted by Gasteiger charge is 2.11. The number of hydrogen-bond donors (Lipinski definition) is 2. The van der Waals surface area contributed by atoms with Gasteiger partial charge in [0.05, 0.1) is 6.54 Å². The van der Waals surface area contributed by atoms with Gasteiger partial charge in [0, 0.05) is 30.8 Å². The summed E-state index contributed by atoms with van der Waals surface area (Å²) in [6.45, 7) is 6.83. The Labute approximate surface area is 126 Å². The Balaban J connectivity index is 2.76.